The Morgan fingerprint density at radius 2 is 2.08 bits per heavy atom. The first kappa shape index (κ1) is 14.4. The Kier molecular flexibility index (Phi) is 3.09. The monoisotopic (exact) mass is 322 g/mol. The lowest BCUT2D eigenvalue weighted by Gasteiger charge is -2.05. The molecular formula is C17H14N4O3. The minimum atomic E-state index is -0.502. The van der Waals surface area contributed by atoms with Gasteiger partial charge in [0.25, 0.3) is 0 Å². The first-order chi connectivity index (χ1) is 11.6. The molecule has 0 N–H and O–H groups in total. The average molecular weight is 322 g/mol. The Bertz CT molecular complexity index is 1080. The highest BCUT2D eigenvalue weighted by atomic mass is 16.5. The molecule has 0 bridgehead atoms. The second-order valence-corrected chi connectivity index (χ2v) is 5.51. The number of rotatable bonds is 2. The van der Waals surface area contributed by atoms with Gasteiger partial charge in [0.05, 0.1) is 18.8 Å². The molecule has 0 atom stereocenters. The molecule has 120 valence electrons. The largest absolute Gasteiger partial charge is 0.464 e. The predicted octanol–water partition coefficient (Wildman–Crippen LogP) is 2.94. The standard InChI is InChI=1S/C17H14N4O3/c1-9-7-10(2)18-15-14(9)16-19-11(13-5-4-6-24-13)8-12(17(22)23-3)21(16)20-15/h4-8H,1-3H3. The van der Waals surface area contributed by atoms with Crippen molar-refractivity contribution < 1.29 is 13.9 Å². The number of carbonyl (C=O) groups excluding carboxylic acids is 1. The van der Waals surface area contributed by atoms with Gasteiger partial charge < -0.3 is 9.15 Å². The van der Waals surface area contributed by atoms with E-state index in [0.29, 0.717) is 22.7 Å². The van der Waals surface area contributed by atoms with Crippen molar-refractivity contribution in [3.05, 3.63) is 47.5 Å². The number of pyridine rings is 1. The van der Waals surface area contributed by atoms with E-state index in [4.69, 9.17) is 9.15 Å². The summed E-state index contributed by atoms with van der Waals surface area (Å²) in [4.78, 5) is 21.3. The molecule has 24 heavy (non-hydrogen) atoms. The second-order valence-electron chi connectivity index (χ2n) is 5.51. The summed E-state index contributed by atoms with van der Waals surface area (Å²) in [5, 5.41) is 5.24. The van der Waals surface area contributed by atoms with E-state index in [2.05, 4.69) is 15.1 Å². The fraction of sp³-hybridized carbons (Fsp3) is 0.176. The van der Waals surface area contributed by atoms with Crippen LogP contribution in [0.15, 0.2) is 34.9 Å². The van der Waals surface area contributed by atoms with E-state index in [0.717, 1.165) is 16.6 Å². The Morgan fingerprint density at radius 1 is 1.25 bits per heavy atom. The van der Waals surface area contributed by atoms with Gasteiger partial charge in [-0.25, -0.2) is 19.3 Å². The molecular weight excluding hydrogens is 308 g/mol. The van der Waals surface area contributed by atoms with Gasteiger partial charge in [-0.1, -0.05) is 0 Å². The molecule has 0 aliphatic rings. The van der Waals surface area contributed by atoms with Crippen LogP contribution in [0.4, 0.5) is 0 Å². The summed E-state index contributed by atoms with van der Waals surface area (Å²) < 4.78 is 11.8. The van der Waals surface area contributed by atoms with Crippen molar-refractivity contribution in [1.29, 1.82) is 0 Å². The zero-order chi connectivity index (χ0) is 16.8. The molecule has 0 unspecified atom stereocenters. The van der Waals surface area contributed by atoms with Crippen molar-refractivity contribution in [1.82, 2.24) is 19.6 Å². The van der Waals surface area contributed by atoms with Gasteiger partial charge in [0.2, 0.25) is 0 Å². The zero-order valence-corrected chi connectivity index (χ0v) is 13.4. The highest BCUT2D eigenvalue weighted by Gasteiger charge is 2.20. The highest BCUT2D eigenvalue weighted by molar-refractivity contribution is 5.97. The molecule has 0 aliphatic heterocycles. The van der Waals surface area contributed by atoms with E-state index in [1.165, 1.54) is 11.6 Å². The smallest absolute Gasteiger partial charge is 0.356 e. The van der Waals surface area contributed by atoms with E-state index in [1.807, 2.05) is 19.9 Å². The third-order valence-corrected chi connectivity index (χ3v) is 3.84. The molecule has 7 nitrogen and oxygen atoms in total. The number of hydrogen-bond acceptors (Lipinski definition) is 6. The van der Waals surface area contributed by atoms with Crippen molar-refractivity contribution in [2.24, 2.45) is 0 Å². The van der Waals surface area contributed by atoms with E-state index in [-0.39, 0.29) is 5.69 Å². The summed E-state index contributed by atoms with van der Waals surface area (Å²) >= 11 is 0. The van der Waals surface area contributed by atoms with Crippen LogP contribution < -0.4 is 0 Å². The van der Waals surface area contributed by atoms with Crippen LogP contribution in [-0.2, 0) is 4.74 Å². The van der Waals surface area contributed by atoms with Crippen molar-refractivity contribution in [3.63, 3.8) is 0 Å². The number of esters is 1. The Balaban J connectivity index is 2.15. The number of aryl methyl sites for hydroxylation is 2. The normalized spacial score (nSPS) is 11.3. The minimum Gasteiger partial charge on any atom is -0.464 e. The molecule has 4 aromatic heterocycles. The van der Waals surface area contributed by atoms with Gasteiger partial charge in [-0.2, -0.15) is 0 Å². The molecule has 4 aromatic rings. The molecule has 0 radical (unpaired) electrons. The molecule has 4 rings (SSSR count). The summed E-state index contributed by atoms with van der Waals surface area (Å²) in [7, 11) is 1.33. The van der Waals surface area contributed by atoms with Crippen molar-refractivity contribution >= 4 is 22.6 Å². The number of hydrogen-bond donors (Lipinski definition) is 0. The summed E-state index contributed by atoms with van der Waals surface area (Å²) in [6.45, 7) is 3.87. The van der Waals surface area contributed by atoms with Crippen LogP contribution >= 0.6 is 0 Å². The maximum atomic E-state index is 12.2. The highest BCUT2D eigenvalue weighted by Crippen LogP contribution is 2.26. The molecule has 0 saturated carbocycles. The maximum absolute atomic E-state index is 12.2. The van der Waals surface area contributed by atoms with Crippen molar-refractivity contribution in [3.8, 4) is 11.5 Å². The van der Waals surface area contributed by atoms with Crippen LogP contribution in [0.3, 0.4) is 0 Å². The molecule has 7 heteroatoms. The second kappa shape index (κ2) is 5.16. The molecule has 0 saturated heterocycles. The molecule has 0 spiro atoms. The quantitative estimate of drug-likeness (QED) is 0.528. The van der Waals surface area contributed by atoms with Crippen LogP contribution in [-0.4, -0.2) is 32.7 Å². The van der Waals surface area contributed by atoms with Gasteiger partial charge >= 0.3 is 5.97 Å². The van der Waals surface area contributed by atoms with Gasteiger partial charge in [-0.05, 0) is 37.6 Å². The van der Waals surface area contributed by atoms with Crippen molar-refractivity contribution in [2.45, 2.75) is 13.8 Å². The Morgan fingerprint density at radius 3 is 2.79 bits per heavy atom. The SMILES string of the molecule is COC(=O)c1cc(-c2ccco2)nc2c3c(C)cc(C)nc3nn12. The molecule has 4 heterocycles. The van der Waals surface area contributed by atoms with E-state index in [9.17, 15) is 4.79 Å². The first-order valence-corrected chi connectivity index (χ1v) is 7.38. The number of aromatic nitrogens is 4. The fourth-order valence-corrected chi connectivity index (χ4v) is 2.82. The van der Waals surface area contributed by atoms with Crippen LogP contribution in [0.1, 0.15) is 21.7 Å². The zero-order valence-electron chi connectivity index (χ0n) is 13.4. The number of furan rings is 1. The Labute approximate surface area is 136 Å². The van der Waals surface area contributed by atoms with Crippen LogP contribution in [0.5, 0.6) is 0 Å². The number of methoxy groups -OCH3 is 1. The molecule has 0 amide bonds. The minimum absolute atomic E-state index is 0.268. The lowest BCUT2D eigenvalue weighted by Crippen LogP contribution is -2.10. The van der Waals surface area contributed by atoms with E-state index in [1.54, 1.807) is 24.5 Å². The van der Waals surface area contributed by atoms with Crippen molar-refractivity contribution in [2.75, 3.05) is 7.11 Å². The topological polar surface area (TPSA) is 82.5 Å². The predicted molar refractivity (Wildman–Crippen MR) is 86.8 cm³/mol. The molecule has 0 fully saturated rings. The third kappa shape index (κ3) is 2.05. The number of fused-ring (bicyclic) bond motifs is 3. The van der Waals surface area contributed by atoms with Gasteiger partial charge in [0.15, 0.2) is 22.7 Å². The van der Waals surface area contributed by atoms with E-state index >= 15 is 0 Å². The van der Waals surface area contributed by atoms with Crippen LogP contribution in [0.25, 0.3) is 28.1 Å². The third-order valence-electron chi connectivity index (χ3n) is 3.84. The summed E-state index contributed by atoms with van der Waals surface area (Å²) in [6, 6.07) is 7.12. The van der Waals surface area contributed by atoms with E-state index < -0.39 is 5.97 Å². The fourth-order valence-electron chi connectivity index (χ4n) is 2.82. The number of nitrogens with zero attached hydrogens (tertiary/aromatic N) is 4. The van der Waals surface area contributed by atoms with Gasteiger partial charge in [-0.3, -0.25) is 0 Å². The summed E-state index contributed by atoms with van der Waals surface area (Å²) in [5.41, 5.74) is 3.74. The van der Waals surface area contributed by atoms with Gasteiger partial charge in [-0.15, -0.1) is 5.10 Å². The number of carbonyl (C=O) groups is 1. The lowest BCUT2D eigenvalue weighted by atomic mass is 10.2. The van der Waals surface area contributed by atoms with Crippen LogP contribution in [0, 0.1) is 13.8 Å². The van der Waals surface area contributed by atoms with Gasteiger partial charge in [0, 0.05) is 11.8 Å². The molecule has 0 aliphatic carbocycles. The average Bonchev–Trinajstić information content (AvgIpc) is 3.19. The molecule has 0 aromatic carbocycles. The lowest BCUT2D eigenvalue weighted by molar-refractivity contribution is 0.0591. The number of ether oxygens (including phenoxy) is 1. The summed E-state index contributed by atoms with van der Waals surface area (Å²) in [6.07, 6.45) is 1.56. The first-order valence-electron chi connectivity index (χ1n) is 7.38. The van der Waals surface area contributed by atoms with Crippen LogP contribution in [0.2, 0.25) is 0 Å². The maximum Gasteiger partial charge on any atom is 0.356 e. The van der Waals surface area contributed by atoms with Gasteiger partial charge in [0.1, 0.15) is 5.69 Å². The summed E-state index contributed by atoms with van der Waals surface area (Å²) in [5.74, 6) is 0.0621. The Hall–Kier alpha value is -3.22.